The second-order valence-electron chi connectivity index (χ2n) is 6.54. The van der Waals surface area contributed by atoms with Gasteiger partial charge in [-0.1, -0.05) is 78.0 Å². The molecular formula is C23H19ClF2N2O2S. The van der Waals surface area contributed by atoms with E-state index in [9.17, 15) is 18.4 Å². The summed E-state index contributed by atoms with van der Waals surface area (Å²) in [5, 5.41) is 5.81. The molecule has 0 aromatic heterocycles. The molecule has 3 aromatic rings. The zero-order valence-electron chi connectivity index (χ0n) is 16.2. The first-order chi connectivity index (χ1) is 14.9. The van der Waals surface area contributed by atoms with E-state index in [0.717, 1.165) is 5.56 Å². The fourth-order valence-electron chi connectivity index (χ4n) is 2.97. The van der Waals surface area contributed by atoms with Crippen LogP contribution in [0.1, 0.15) is 28.4 Å². The lowest BCUT2D eigenvalue weighted by atomic mass is 10.0. The number of thioether (sulfide) groups is 1. The fourth-order valence-corrected chi connectivity index (χ4v) is 3.79. The SMILES string of the molecule is O=C(CC(NC(=O)c1ccccc1Cl)c1ccccc1)Nc1ccccc1SC(F)F. The molecule has 0 saturated carbocycles. The molecule has 4 nitrogen and oxygen atoms in total. The molecule has 3 aromatic carbocycles. The summed E-state index contributed by atoms with van der Waals surface area (Å²) in [5.74, 6) is -3.44. The first kappa shape index (κ1) is 22.8. The van der Waals surface area contributed by atoms with Gasteiger partial charge in [0.1, 0.15) is 0 Å². The van der Waals surface area contributed by atoms with Gasteiger partial charge in [-0.05, 0) is 29.8 Å². The molecule has 0 fully saturated rings. The molecule has 2 N–H and O–H groups in total. The van der Waals surface area contributed by atoms with E-state index in [0.29, 0.717) is 28.0 Å². The smallest absolute Gasteiger partial charge is 0.288 e. The number of carbonyl (C=O) groups is 2. The van der Waals surface area contributed by atoms with Gasteiger partial charge < -0.3 is 10.6 Å². The molecule has 160 valence electrons. The van der Waals surface area contributed by atoms with E-state index < -0.39 is 23.6 Å². The Morgan fingerprint density at radius 1 is 0.903 bits per heavy atom. The lowest BCUT2D eigenvalue weighted by Crippen LogP contribution is -2.31. The maximum atomic E-state index is 12.8. The molecule has 0 aliphatic rings. The number of halogens is 3. The van der Waals surface area contributed by atoms with E-state index in [-0.39, 0.29) is 11.3 Å². The Morgan fingerprint density at radius 2 is 1.55 bits per heavy atom. The van der Waals surface area contributed by atoms with Gasteiger partial charge >= 0.3 is 0 Å². The van der Waals surface area contributed by atoms with E-state index in [2.05, 4.69) is 10.6 Å². The summed E-state index contributed by atoms with van der Waals surface area (Å²) in [4.78, 5) is 25.8. The van der Waals surface area contributed by atoms with Gasteiger partial charge in [-0.2, -0.15) is 8.78 Å². The van der Waals surface area contributed by atoms with Crippen molar-refractivity contribution >= 4 is 40.9 Å². The van der Waals surface area contributed by atoms with Crippen LogP contribution in [-0.4, -0.2) is 17.6 Å². The Kier molecular flexibility index (Phi) is 8.03. The van der Waals surface area contributed by atoms with Gasteiger partial charge in [0.15, 0.2) is 0 Å². The number of carbonyl (C=O) groups excluding carboxylic acids is 2. The zero-order chi connectivity index (χ0) is 22.2. The molecule has 2 amide bonds. The lowest BCUT2D eigenvalue weighted by molar-refractivity contribution is -0.116. The summed E-state index contributed by atoms with van der Waals surface area (Å²) < 4.78 is 25.6. The van der Waals surface area contributed by atoms with Crippen molar-refractivity contribution in [3.05, 3.63) is 95.0 Å². The Morgan fingerprint density at radius 3 is 2.26 bits per heavy atom. The van der Waals surface area contributed by atoms with Crippen LogP contribution in [0.4, 0.5) is 14.5 Å². The minimum atomic E-state index is -2.61. The van der Waals surface area contributed by atoms with Crippen molar-refractivity contribution in [2.24, 2.45) is 0 Å². The molecule has 1 unspecified atom stereocenters. The predicted molar refractivity (Wildman–Crippen MR) is 120 cm³/mol. The van der Waals surface area contributed by atoms with Crippen molar-refractivity contribution in [1.82, 2.24) is 5.32 Å². The highest BCUT2D eigenvalue weighted by molar-refractivity contribution is 7.99. The molecule has 0 bridgehead atoms. The first-order valence-electron chi connectivity index (χ1n) is 9.38. The quantitative estimate of drug-likeness (QED) is 0.396. The van der Waals surface area contributed by atoms with Crippen molar-refractivity contribution in [3.8, 4) is 0 Å². The van der Waals surface area contributed by atoms with Gasteiger partial charge in [0.2, 0.25) is 5.91 Å². The topological polar surface area (TPSA) is 58.2 Å². The Labute approximate surface area is 188 Å². The van der Waals surface area contributed by atoms with Crippen LogP contribution in [0.3, 0.4) is 0 Å². The predicted octanol–water partition coefficient (Wildman–Crippen LogP) is 6.15. The standard InChI is InChI=1S/C23H19ClF2N2O2S/c24-17-11-5-4-10-16(17)22(30)28-19(15-8-2-1-3-9-15)14-21(29)27-18-12-6-7-13-20(18)31-23(25)26/h1-13,19,23H,14H2,(H,27,29)(H,28,30). The highest BCUT2D eigenvalue weighted by Gasteiger charge is 2.21. The zero-order valence-corrected chi connectivity index (χ0v) is 17.8. The highest BCUT2D eigenvalue weighted by atomic mass is 35.5. The summed E-state index contributed by atoms with van der Waals surface area (Å²) in [7, 11) is 0. The number of nitrogens with one attached hydrogen (secondary N) is 2. The van der Waals surface area contributed by atoms with Crippen LogP contribution >= 0.6 is 23.4 Å². The summed E-state index contributed by atoms with van der Waals surface area (Å²) in [6, 6.07) is 21.4. The van der Waals surface area contributed by atoms with Crippen LogP contribution in [0.25, 0.3) is 0 Å². The number of amides is 2. The summed E-state index contributed by atoms with van der Waals surface area (Å²) in [6.45, 7) is 0. The number of benzene rings is 3. The van der Waals surface area contributed by atoms with Crippen LogP contribution in [-0.2, 0) is 4.79 Å². The third-order valence-corrected chi connectivity index (χ3v) is 5.51. The molecule has 0 spiro atoms. The third-order valence-electron chi connectivity index (χ3n) is 4.39. The van der Waals surface area contributed by atoms with Crippen LogP contribution in [0.5, 0.6) is 0 Å². The van der Waals surface area contributed by atoms with Crippen molar-refractivity contribution in [1.29, 1.82) is 0 Å². The van der Waals surface area contributed by atoms with Crippen LogP contribution in [0.2, 0.25) is 5.02 Å². The number of rotatable bonds is 8. The van der Waals surface area contributed by atoms with Crippen LogP contribution in [0, 0.1) is 0 Å². The number of anilines is 1. The number of hydrogen-bond donors (Lipinski definition) is 2. The van der Waals surface area contributed by atoms with Gasteiger partial charge in [0.25, 0.3) is 11.7 Å². The normalized spacial score (nSPS) is 11.7. The Hall–Kier alpha value is -2.90. The van der Waals surface area contributed by atoms with E-state index in [1.165, 1.54) is 6.07 Å². The minimum absolute atomic E-state index is 0.0894. The van der Waals surface area contributed by atoms with E-state index in [4.69, 9.17) is 11.6 Å². The van der Waals surface area contributed by atoms with E-state index in [1.54, 1.807) is 66.7 Å². The van der Waals surface area contributed by atoms with Crippen molar-refractivity contribution in [2.45, 2.75) is 23.1 Å². The monoisotopic (exact) mass is 460 g/mol. The second kappa shape index (κ2) is 10.9. The average Bonchev–Trinajstić information content (AvgIpc) is 2.75. The van der Waals surface area contributed by atoms with Crippen molar-refractivity contribution in [2.75, 3.05) is 5.32 Å². The number of alkyl halides is 2. The first-order valence-corrected chi connectivity index (χ1v) is 10.6. The van der Waals surface area contributed by atoms with E-state index >= 15 is 0 Å². The maximum absolute atomic E-state index is 12.8. The average molecular weight is 461 g/mol. The molecule has 1 atom stereocenters. The van der Waals surface area contributed by atoms with Crippen molar-refractivity contribution < 1.29 is 18.4 Å². The fraction of sp³-hybridized carbons (Fsp3) is 0.130. The molecule has 0 radical (unpaired) electrons. The number of para-hydroxylation sites is 1. The third kappa shape index (κ3) is 6.54. The molecule has 0 aliphatic carbocycles. The molecule has 0 saturated heterocycles. The molecule has 0 aliphatic heterocycles. The van der Waals surface area contributed by atoms with Gasteiger partial charge in [0.05, 0.1) is 28.7 Å². The van der Waals surface area contributed by atoms with Crippen molar-refractivity contribution in [3.63, 3.8) is 0 Å². The molecule has 8 heteroatoms. The van der Waals surface area contributed by atoms with Gasteiger partial charge in [-0.25, -0.2) is 0 Å². The lowest BCUT2D eigenvalue weighted by Gasteiger charge is -2.20. The molecule has 31 heavy (non-hydrogen) atoms. The van der Waals surface area contributed by atoms with E-state index in [1.807, 2.05) is 6.07 Å². The highest BCUT2D eigenvalue weighted by Crippen LogP contribution is 2.32. The largest absolute Gasteiger partial charge is 0.345 e. The summed E-state index contributed by atoms with van der Waals surface area (Å²) in [6.07, 6.45) is -0.0894. The molecule has 3 rings (SSSR count). The Balaban J connectivity index is 1.77. The minimum Gasteiger partial charge on any atom is -0.345 e. The molecular weight excluding hydrogens is 442 g/mol. The van der Waals surface area contributed by atoms with Gasteiger partial charge in [0, 0.05) is 4.90 Å². The number of hydrogen-bond acceptors (Lipinski definition) is 3. The van der Waals surface area contributed by atoms with Gasteiger partial charge in [-0.15, -0.1) is 0 Å². The van der Waals surface area contributed by atoms with Gasteiger partial charge in [-0.3, -0.25) is 9.59 Å². The summed E-state index contributed by atoms with van der Waals surface area (Å²) >= 11 is 6.48. The Bertz CT molecular complexity index is 1050. The second-order valence-corrected chi connectivity index (χ2v) is 7.98. The summed E-state index contributed by atoms with van der Waals surface area (Å²) in [5.41, 5.74) is 1.32. The van der Waals surface area contributed by atoms with Crippen LogP contribution in [0.15, 0.2) is 83.8 Å². The maximum Gasteiger partial charge on any atom is 0.288 e. The van der Waals surface area contributed by atoms with Crippen LogP contribution < -0.4 is 10.6 Å². The molecule has 0 heterocycles.